The molecule has 0 amide bonds. The van der Waals surface area contributed by atoms with Crippen LogP contribution in [0.1, 0.15) is 52.4 Å². The van der Waals surface area contributed by atoms with E-state index in [1.807, 2.05) is 0 Å². The SMILES string of the molecule is CCC(CC)CC1CCCC(C(=O)C(OC)OC)C1=O. The molecule has 0 spiro atoms. The van der Waals surface area contributed by atoms with Crippen molar-refractivity contribution in [1.82, 2.24) is 0 Å². The third kappa shape index (κ3) is 4.13. The van der Waals surface area contributed by atoms with Crippen LogP contribution in [0.2, 0.25) is 0 Å². The van der Waals surface area contributed by atoms with Crippen LogP contribution in [0.5, 0.6) is 0 Å². The average Bonchev–Trinajstić information content (AvgIpc) is 2.47. The first-order valence-corrected chi connectivity index (χ1v) is 7.71. The minimum absolute atomic E-state index is 0.0389. The van der Waals surface area contributed by atoms with Crippen LogP contribution < -0.4 is 0 Å². The summed E-state index contributed by atoms with van der Waals surface area (Å²) < 4.78 is 10.00. The molecular formula is C16H28O4. The molecule has 1 rings (SSSR count). The van der Waals surface area contributed by atoms with Gasteiger partial charge in [-0.25, -0.2) is 0 Å². The van der Waals surface area contributed by atoms with Crippen molar-refractivity contribution < 1.29 is 19.1 Å². The maximum atomic E-state index is 12.5. The largest absolute Gasteiger partial charge is 0.349 e. The molecule has 0 aliphatic heterocycles. The molecule has 2 atom stereocenters. The predicted octanol–water partition coefficient (Wildman–Crippen LogP) is 2.99. The van der Waals surface area contributed by atoms with E-state index in [4.69, 9.17) is 9.47 Å². The van der Waals surface area contributed by atoms with Crippen molar-refractivity contribution in [3.63, 3.8) is 0 Å². The molecule has 4 nitrogen and oxygen atoms in total. The Labute approximate surface area is 122 Å². The van der Waals surface area contributed by atoms with Gasteiger partial charge in [-0.05, 0) is 25.2 Å². The molecular weight excluding hydrogens is 256 g/mol. The van der Waals surface area contributed by atoms with Gasteiger partial charge in [-0.1, -0.05) is 33.1 Å². The van der Waals surface area contributed by atoms with E-state index in [0.717, 1.165) is 32.1 Å². The van der Waals surface area contributed by atoms with Crippen LogP contribution >= 0.6 is 0 Å². The highest BCUT2D eigenvalue weighted by Gasteiger charge is 2.39. The maximum Gasteiger partial charge on any atom is 0.218 e. The Balaban J connectivity index is 2.71. The Bertz CT molecular complexity index is 318. The minimum atomic E-state index is -0.907. The summed E-state index contributed by atoms with van der Waals surface area (Å²) in [6.07, 6.45) is 4.70. The Morgan fingerprint density at radius 3 is 2.30 bits per heavy atom. The van der Waals surface area contributed by atoms with E-state index in [0.29, 0.717) is 12.3 Å². The number of hydrogen-bond donors (Lipinski definition) is 0. The molecule has 0 aromatic rings. The molecule has 0 aromatic carbocycles. The second-order valence-electron chi connectivity index (χ2n) is 5.71. The van der Waals surface area contributed by atoms with Crippen molar-refractivity contribution in [1.29, 1.82) is 0 Å². The standard InChI is InChI=1S/C16H28O4/c1-5-11(6-2)10-12-8-7-9-13(14(12)17)15(18)16(19-3)20-4/h11-13,16H,5-10H2,1-4H3. The highest BCUT2D eigenvalue weighted by atomic mass is 16.7. The van der Waals surface area contributed by atoms with Crippen LogP contribution in [0.15, 0.2) is 0 Å². The zero-order valence-corrected chi connectivity index (χ0v) is 13.2. The molecule has 20 heavy (non-hydrogen) atoms. The number of carbonyl (C=O) groups is 2. The lowest BCUT2D eigenvalue weighted by Gasteiger charge is -2.30. The summed E-state index contributed by atoms with van der Waals surface area (Å²) in [4.78, 5) is 24.8. The normalized spacial score (nSPS) is 23.6. The first-order chi connectivity index (χ1) is 9.58. The van der Waals surface area contributed by atoms with E-state index in [1.165, 1.54) is 14.2 Å². The molecule has 0 aromatic heterocycles. The van der Waals surface area contributed by atoms with Gasteiger partial charge in [0.05, 0.1) is 5.92 Å². The Morgan fingerprint density at radius 2 is 1.80 bits per heavy atom. The first-order valence-electron chi connectivity index (χ1n) is 7.71. The van der Waals surface area contributed by atoms with Crippen LogP contribution in [0.25, 0.3) is 0 Å². The third-order valence-electron chi connectivity index (χ3n) is 4.57. The maximum absolute atomic E-state index is 12.5. The van der Waals surface area contributed by atoms with Crippen LogP contribution in [-0.2, 0) is 19.1 Å². The molecule has 116 valence electrons. The Kier molecular flexibility index (Phi) is 7.38. The number of ketones is 2. The van der Waals surface area contributed by atoms with Crippen LogP contribution in [0.4, 0.5) is 0 Å². The van der Waals surface area contributed by atoms with Gasteiger partial charge >= 0.3 is 0 Å². The van der Waals surface area contributed by atoms with Crippen LogP contribution in [0.3, 0.4) is 0 Å². The van der Waals surface area contributed by atoms with Crippen molar-refractivity contribution in [2.45, 2.75) is 58.7 Å². The number of hydrogen-bond acceptors (Lipinski definition) is 4. The highest BCUT2D eigenvalue weighted by Crippen LogP contribution is 2.33. The fourth-order valence-corrected chi connectivity index (χ4v) is 3.17. The number of methoxy groups -OCH3 is 2. The lowest BCUT2D eigenvalue weighted by atomic mass is 9.74. The van der Waals surface area contributed by atoms with Gasteiger partial charge in [0, 0.05) is 20.1 Å². The van der Waals surface area contributed by atoms with Crippen molar-refractivity contribution >= 4 is 11.6 Å². The third-order valence-corrected chi connectivity index (χ3v) is 4.57. The van der Waals surface area contributed by atoms with Gasteiger partial charge in [0.25, 0.3) is 0 Å². The average molecular weight is 284 g/mol. The smallest absolute Gasteiger partial charge is 0.218 e. The topological polar surface area (TPSA) is 52.6 Å². The fraction of sp³-hybridized carbons (Fsp3) is 0.875. The Hall–Kier alpha value is -0.740. The molecule has 0 radical (unpaired) electrons. The van der Waals surface area contributed by atoms with E-state index < -0.39 is 12.2 Å². The monoisotopic (exact) mass is 284 g/mol. The number of Topliss-reactive ketones (excluding diaryl/α,β-unsaturated/α-hetero) is 2. The zero-order chi connectivity index (χ0) is 15.1. The van der Waals surface area contributed by atoms with Gasteiger partial charge in [-0.15, -0.1) is 0 Å². The summed E-state index contributed by atoms with van der Waals surface area (Å²) in [5.41, 5.74) is 0. The predicted molar refractivity (Wildman–Crippen MR) is 77.3 cm³/mol. The lowest BCUT2D eigenvalue weighted by Crippen LogP contribution is -2.40. The molecule has 1 aliphatic rings. The van der Waals surface area contributed by atoms with E-state index in [-0.39, 0.29) is 17.5 Å². The van der Waals surface area contributed by atoms with Crippen LogP contribution in [-0.4, -0.2) is 32.1 Å². The van der Waals surface area contributed by atoms with Gasteiger partial charge in [-0.3, -0.25) is 9.59 Å². The van der Waals surface area contributed by atoms with Crippen molar-refractivity contribution in [3.8, 4) is 0 Å². The molecule has 1 aliphatic carbocycles. The quantitative estimate of drug-likeness (QED) is 0.508. The highest BCUT2D eigenvalue weighted by molar-refractivity contribution is 6.05. The summed E-state index contributed by atoms with van der Waals surface area (Å²) in [6.45, 7) is 4.33. The molecule has 1 saturated carbocycles. The molecule has 0 bridgehead atoms. The van der Waals surface area contributed by atoms with Crippen LogP contribution in [0, 0.1) is 17.8 Å². The molecule has 4 heteroatoms. The second kappa shape index (κ2) is 8.53. The molecule has 0 heterocycles. The number of rotatable bonds is 8. The zero-order valence-electron chi connectivity index (χ0n) is 13.2. The van der Waals surface area contributed by atoms with Crippen molar-refractivity contribution in [2.24, 2.45) is 17.8 Å². The van der Waals surface area contributed by atoms with E-state index in [1.54, 1.807) is 0 Å². The van der Waals surface area contributed by atoms with Crippen molar-refractivity contribution in [2.75, 3.05) is 14.2 Å². The van der Waals surface area contributed by atoms with E-state index in [2.05, 4.69) is 13.8 Å². The number of carbonyl (C=O) groups excluding carboxylic acids is 2. The van der Waals surface area contributed by atoms with Gasteiger partial charge in [-0.2, -0.15) is 0 Å². The Morgan fingerprint density at radius 1 is 1.20 bits per heavy atom. The molecule has 1 fully saturated rings. The van der Waals surface area contributed by atoms with Gasteiger partial charge < -0.3 is 9.47 Å². The molecule has 2 unspecified atom stereocenters. The molecule has 0 saturated heterocycles. The summed E-state index contributed by atoms with van der Waals surface area (Å²) >= 11 is 0. The molecule has 0 N–H and O–H groups in total. The summed E-state index contributed by atoms with van der Waals surface area (Å²) in [5.74, 6) is -0.0232. The summed E-state index contributed by atoms with van der Waals surface area (Å²) in [6, 6.07) is 0. The van der Waals surface area contributed by atoms with E-state index >= 15 is 0 Å². The minimum Gasteiger partial charge on any atom is -0.349 e. The van der Waals surface area contributed by atoms with Gasteiger partial charge in [0.2, 0.25) is 6.29 Å². The lowest BCUT2D eigenvalue weighted by molar-refractivity contribution is -0.164. The van der Waals surface area contributed by atoms with Gasteiger partial charge in [0.15, 0.2) is 5.78 Å². The van der Waals surface area contributed by atoms with E-state index in [9.17, 15) is 9.59 Å². The van der Waals surface area contributed by atoms with Crippen molar-refractivity contribution in [3.05, 3.63) is 0 Å². The number of ether oxygens (including phenoxy) is 2. The fourth-order valence-electron chi connectivity index (χ4n) is 3.17. The van der Waals surface area contributed by atoms with Gasteiger partial charge in [0.1, 0.15) is 5.78 Å². The first kappa shape index (κ1) is 17.3. The summed E-state index contributed by atoms with van der Waals surface area (Å²) in [7, 11) is 2.86. The summed E-state index contributed by atoms with van der Waals surface area (Å²) in [5, 5.41) is 0. The second-order valence-corrected chi connectivity index (χ2v) is 5.71.